The van der Waals surface area contributed by atoms with E-state index >= 15 is 0 Å². The number of hydrogen-bond acceptors (Lipinski definition) is 3. The molecule has 0 aliphatic rings. The summed E-state index contributed by atoms with van der Waals surface area (Å²) in [5.41, 5.74) is 3.75. The lowest BCUT2D eigenvalue weighted by atomic mass is 10.1. The second-order valence-corrected chi connectivity index (χ2v) is 7.22. The van der Waals surface area contributed by atoms with Crippen molar-refractivity contribution >= 4 is 21.6 Å². The lowest BCUT2D eigenvalue weighted by Crippen LogP contribution is -2.22. The molecule has 0 unspecified atom stereocenters. The van der Waals surface area contributed by atoms with Gasteiger partial charge in [-0.15, -0.1) is 11.3 Å². The monoisotopic (exact) mass is 327 g/mol. The Morgan fingerprint density at radius 1 is 1.13 bits per heavy atom. The Kier molecular flexibility index (Phi) is 4.02. The molecule has 23 heavy (non-hydrogen) atoms. The van der Waals surface area contributed by atoms with Crippen LogP contribution in [0.25, 0.3) is 10.2 Å². The first-order valence-electron chi connectivity index (χ1n) is 7.84. The molecule has 0 fully saturated rings. The van der Waals surface area contributed by atoms with Gasteiger partial charge in [0.1, 0.15) is 10.6 Å². The van der Waals surface area contributed by atoms with Crippen LogP contribution >= 0.6 is 11.3 Å². The minimum atomic E-state index is -0.112. The van der Waals surface area contributed by atoms with Gasteiger partial charge in [-0.05, 0) is 38.3 Å². The number of benzene rings is 1. The summed E-state index contributed by atoms with van der Waals surface area (Å²) in [6.45, 7) is 8.42. The molecule has 1 N–H and O–H groups in total. The van der Waals surface area contributed by atoms with Gasteiger partial charge in [-0.25, -0.2) is 0 Å². The van der Waals surface area contributed by atoms with E-state index in [1.807, 2.05) is 0 Å². The van der Waals surface area contributed by atoms with Crippen LogP contribution in [0.1, 0.15) is 34.1 Å². The fourth-order valence-corrected chi connectivity index (χ4v) is 4.27. The molecule has 0 saturated heterocycles. The lowest BCUT2D eigenvalue weighted by Gasteiger charge is -2.12. The second-order valence-electron chi connectivity index (χ2n) is 6.02. The number of thiophene rings is 1. The largest absolute Gasteiger partial charge is 0.507 e. The Morgan fingerprint density at radius 2 is 1.78 bits per heavy atom. The van der Waals surface area contributed by atoms with Crippen molar-refractivity contribution in [3.63, 3.8) is 0 Å². The molecule has 0 aliphatic carbocycles. The highest BCUT2D eigenvalue weighted by molar-refractivity contribution is 7.18. The minimum absolute atomic E-state index is 0.112. The average molecular weight is 327 g/mol. The minimum Gasteiger partial charge on any atom is -0.507 e. The van der Waals surface area contributed by atoms with Crippen molar-refractivity contribution in [2.24, 2.45) is 0 Å². The molecule has 0 saturated carbocycles. The molecular formula is C19H21NO2S. The van der Waals surface area contributed by atoms with Crippen molar-refractivity contribution in [3.05, 3.63) is 61.8 Å². The number of aromatic nitrogens is 1. The third-order valence-corrected chi connectivity index (χ3v) is 5.58. The van der Waals surface area contributed by atoms with Crippen molar-refractivity contribution in [1.29, 1.82) is 0 Å². The number of hydrogen-bond donors (Lipinski definition) is 1. The third-order valence-electron chi connectivity index (χ3n) is 4.41. The number of nitrogens with zero attached hydrogens (tertiary/aromatic N) is 1. The molecule has 0 bridgehead atoms. The Morgan fingerprint density at radius 3 is 2.39 bits per heavy atom. The first-order valence-corrected chi connectivity index (χ1v) is 8.65. The van der Waals surface area contributed by atoms with Crippen LogP contribution in [-0.2, 0) is 13.0 Å². The summed E-state index contributed by atoms with van der Waals surface area (Å²) in [7, 11) is 0. The van der Waals surface area contributed by atoms with Gasteiger partial charge in [0.2, 0.25) is 0 Å². The highest BCUT2D eigenvalue weighted by Gasteiger charge is 2.19. The summed E-state index contributed by atoms with van der Waals surface area (Å²) >= 11 is 1.59. The highest BCUT2D eigenvalue weighted by Crippen LogP contribution is 2.37. The van der Waals surface area contributed by atoms with E-state index in [0.717, 1.165) is 27.8 Å². The number of aryl methyl sites for hydroxylation is 3. The number of fused-ring (bicyclic) bond motifs is 1. The third kappa shape index (κ3) is 2.57. The Hall–Kier alpha value is -2.07. The quantitative estimate of drug-likeness (QED) is 0.779. The van der Waals surface area contributed by atoms with E-state index in [1.54, 1.807) is 22.8 Å². The molecule has 2 aromatic heterocycles. The molecule has 0 aliphatic heterocycles. The van der Waals surface area contributed by atoms with E-state index in [-0.39, 0.29) is 11.3 Å². The van der Waals surface area contributed by atoms with E-state index in [1.165, 1.54) is 10.4 Å². The fourth-order valence-electron chi connectivity index (χ4n) is 3.03. The number of rotatable bonds is 3. The van der Waals surface area contributed by atoms with E-state index in [0.29, 0.717) is 12.1 Å². The van der Waals surface area contributed by atoms with Gasteiger partial charge in [-0.1, -0.05) is 36.8 Å². The molecule has 2 heterocycles. The topological polar surface area (TPSA) is 42.2 Å². The van der Waals surface area contributed by atoms with Gasteiger partial charge in [-0.2, -0.15) is 0 Å². The second kappa shape index (κ2) is 5.85. The predicted molar refractivity (Wildman–Crippen MR) is 96.9 cm³/mol. The van der Waals surface area contributed by atoms with E-state index in [2.05, 4.69) is 45.0 Å². The predicted octanol–water partition coefficient (Wildman–Crippen LogP) is 4.30. The normalized spacial score (nSPS) is 11.3. The van der Waals surface area contributed by atoms with Crippen molar-refractivity contribution in [2.45, 2.75) is 40.7 Å². The number of aromatic hydroxyl groups is 1. The van der Waals surface area contributed by atoms with Gasteiger partial charge < -0.3 is 5.11 Å². The van der Waals surface area contributed by atoms with Gasteiger partial charge in [0, 0.05) is 4.88 Å². The van der Waals surface area contributed by atoms with Crippen LogP contribution in [0, 0.1) is 20.8 Å². The van der Waals surface area contributed by atoms with Crippen molar-refractivity contribution in [3.8, 4) is 5.75 Å². The van der Waals surface area contributed by atoms with Crippen molar-refractivity contribution in [2.75, 3.05) is 0 Å². The van der Waals surface area contributed by atoms with Gasteiger partial charge >= 0.3 is 0 Å². The zero-order valence-electron chi connectivity index (χ0n) is 13.9. The average Bonchev–Trinajstić information content (AvgIpc) is 2.87. The molecule has 0 amide bonds. The van der Waals surface area contributed by atoms with Gasteiger partial charge in [-0.3, -0.25) is 9.36 Å². The summed E-state index contributed by atoms with van der Waals surface area (Å²) in [6, 6.07) is 8.22. The highest BCUT2D eigenvalue weighted by atomic mass is 32.1. The van der Waals surface area contributed by atoms with E-state index < -0.39 is 0 Å². The van der Waals surface area contributed by atoms with Crippen molar-refractivity contribution < 1.29 is 5.11 Å². The van der Waals surface area contributed by atoms with Crippen LogP contribution in [0.5, 0.6) is 5.75 Å². The summed E-state index contributed by atoms with van der Waals surface area (Å²) in [5, 5.41) is 11.3. The molecule has 0 radical (unpaired) electrons. The SMILES string of the molecule is CCc1c(C)sc2c1c(O)c(C)c(=O)n2Cc1ccc(C)cc1. The standard InChI is InChI=1S/C19H21NO2S/c1-5-15-13(4)23-19-16(15)17(21)12(3)18(22)20(19)10-14-8-6-11(2)7-9-14/h6-9,21H,5,10H2,1-4H3. The Labute approximate surface area is 139 Å². The molecule has 3 rings (SSSR count). The summed E-state index contributed by atoms with van der Waals surface area (Å²) in [4.78, 5) is 14.7. The zero-order chi connectivity index (χ0) is 16.7. The maximum absolute atomic E-state index is 12.7. The van der Waals surface area contributed by atoms with Crippen LogP contribution in [0.15, 0.2) is 29.1 Å². The molecule has 0 atom stereocenters. The summed E-state index contributed by atoms with van der Waals surface area (Å²) < 4.78 is 1.80. The molecular weight excluding hydrogens is 306 g/mol. The Bertz CT molecular complexity index is 933. The first-order chi connectivity index (χ1) is 10.9. The maximum Gasteiger partial charge on any atom is 0.258 e. The smallest absolute Gasteiger partial charge is 0.258 e. The van der Waals surface area contributed by atoms with Crippen molar-refractivity contribution in [1.82, 2.24) is 4.57 Å². The fraction of sp³-hybridized carbons (Fsp3) is 0.316. The Balaban J connectivity index is 2.27. The first kappa shape index (κ1) is 15.8. The van der Waals surface area contributed by atoms with Gasteiger partial charge in [0.25, 0.3) is 5.56 Å². The summed E-state index contributed by atoms with van der Waals surface area (Å²) in [5.74, 6) is 0.145. The van der Waals surface area contributed by atoms with Crippen LogP contribution in [0.3, 0.4) is 0 Å². The van der Waals surface area contributed by atoms with Crippen LogP contribution in [-0.4, -0.2) is 9.67 Å². The molecule has 3 aromatic rings. The van der Waals surface area contributed by atoms with Crippen LogP contribution in [0.4, 0.5) is 0 Å². The number of pyridine rings is 1. The maximum atomic E-state index is 12.7. The molecule has 4 heteroatoms. The van der Waals surface area contributed by atoms with E-state index in [4.69, 9.17) is 0 Å². The molecule has 120 valence electrons. The van der Waals surface area contributed by atoms with Crippen LogP contribution < -0.4 is 5.56 Å². The summed E-state index contributed by atoms with van der Waals surface area (Å²) in [6.07, 6.45) is 0.849. The molecule has 0 spiro atoms. The van der Waals surface area contributed by atoms with E-state index in [9.17, 15) is 9.90 Å². The molecule has 1 aromatic carbocycles. The zero-order valence-corrected chi connectivity index (χ0v) is 14.8. The molecule has 3 nitrogen and oxygen atoms in total. The van der Waals surface area contributed by atoms with Crippen LogP contribution in [0.2, 0.25) is 0 Å². The van der Waals surface area contributed by atoms with Gasteiger partial charge in [0.15, 0.2) is 0 Å². The van der Waals surface area contributed by atoms with Gasteiger partial charge in [0.05, 0.1) is 17.5 Å². The lowest BCUT2D eigenvalue weighted by molar-refractivity contribution is 0.474.